The van der Waals surface area contributed by atoms with Gasteiger partial charge < -0.3 is 4.90 Å². The minimum Gasteiger partial charge on any atom is -0.308 e. The fourth-order valence-corrected chi connectivity index (χ4v) is 2.59. The highest BCUT2D eigenvalue weighted by Gasteiger charge is 2.26. The number of hydrogen-bond donors (Lipinski definition) is 0. The average molecular weight is 269 g/mol. The smallest absolute Gasteiger partial charge is 0.224 e. The Hall–Kier alpha value is -1.83. The van der Waals surface area contributed by atoms with Crippen LogP contribution in [0.25, 0.3) is 5.57 Å². The van der Waals surface area contributed by atoms with Crippen LogP contribution >= 0.6 is 0 Å². The molecule has 2 heteroatoms. The van der Waals surface area contributed by atoms with Gasteiger partial charge in [-0.05, 0) is 30.6 Å². The van der Waals surface area contributed by atoms with Gasteiger partial charge in [0, 0.05) is 12.5 Å². The van der Waals surface area contributed by atoms with E-state index in [0.29, 0.717) is 6.54 Å². The first-order valence-corrected chi connectivity index (χ1v) is 7.39. The van der Waals surface area contributed by atoms with Gasteiger partial charge in [0.1, 0.15) is 0 Å². The van der Waals surface area contributed by atoms with Gasteiger partial charge in [0.05, 0.1) is 12.2 Å². The number of fused-ring (bicyclic) bond motifs is 1. The summed E-state index contributed by atoms with van der Waals surface area (Å²) in [6.07, 6.45) is 8.02. The first kappa shape index (κ1) is 14.6. The molecular formula is C18H23NO. The summed E-state index contributed by atoms with van der Waals surface area (Å²) in [6.45, 7) is 6.67. The molecule has 0 unspecified atom stereocenters. The average Bonchev–Trinajstić information content (AvgIpc) is 2.83. The van der Waals surface area contributed by atoms with Crippen molar-refractivity contribution in [1.29, 1.82) is 0 Å². The number of anilines is 1. The van der Waals surface area contributed by atoms with Crippen LogP contribution in [-0.2, 0) is 4.79 Å². The van der Waals surface area contributed by atoms with Gasteiger partial charge >= 0.3 is 0 Å². The number of unbranched alkanes of at least 4 members (excludes halogenated alkanes) is 2. The molecule has 2 rings (SSSR count). The van der Waals surface area contributed by atoms with Gasteiger partial charge in [-0.15, -0.1) is 0 Å². The molecule has 0 saturated carbocycles. The van der Waals surface area contributed by atoms with Crippen LogP contribution in [-0.4, -0.2) is 12.5 Å². The van der Waals surface area contributed by atoms with E-state index in [1.807, 2.05) is 23.1 Å². The molecule has 1 aromatic carbocycles. The van der Waals surface area contributed by atoms with E-state index in [-0.39, 0.29) is 5.91 Å². The zero-order valence-electron chi connectivity index (χ0n) is 12.6. The highest BCUT2D eigenvalue weighted by molar-refractivity contribution is 6.02. The van der Waals surface area contributed by atoms with Crippen molar-refractivity contribution in [2.24, 2.45) is 0 Å². The molecule has 0 radical (unpaired) electrons. The number of hydrogen-bond acceptors (Lipinski definition) is 1. The SMILES string of the molecule is CCCC/C=C/C(C)=C1/CN(C(C)=O)c2ccccc21. The van der Waals surface area contributed by atoms with Gasteiger partial charge in [-0.3, -0.25) is 4.79 Å². The number of allylic oxidation sites excluding steroid dienone is 3. The second kappa shape index (κ2) is 6.56. The van der Waals surface area contributed by atoms with Crippen molar-refractivity contribution < 1.29 is 4.79 Å². The molecule has 106 valence electrons. The molecule has 1 aliphatic rings. The summed E-state index contributed by atoms with van der Waals surface area (Å²) < 4.78 is 0. The first-order chi connectivity index (χ1) is 9.65. The number of carbonyl (C=O) groups is 1. The Labute approximate surface area is 121 Å². The summed E-state index contributed by atoms with van der Waals surface area (Å²) in [5.74, 6) is 0.107. The van der Waals surface area contributed by atoms with E-state index in [9.17, 15) is 4.79 Å². The van der Waals surface area contributed by atoms with Crippen molar-refractivity contribution in [3.63, 3.8) is 0 Å². The lowest BCUT2D eigenvalue weighted by Gasteiger charge is -2.13. The Kier molecular flexibility index (Phi) is 4.78. The van der Waals surface area contributed by atoms with E-state index in [0.717, 1.165) is 12.1 Å². The van der Waals surface area contributed by atoms with Crippen LogP contribution in [0.3, 0.4) is 0 Å². The minimum atomic E-state index is 0.107. The second-order valence-corrected chi connectivity index (χ2v) is 5.33. The van der Waals surface area contributed by atoms with Crippen LogP contribution in [0.5, 0.6) is 0 Å². The predicted molar refractivity (Wildman–Crippen MR) is 85.7 cm³/mol. The van der Waals surface area contributed by atoms with Crippen molar-refractivity contribution in [2.45, 2.75) is 40.0 Å². The number of rotatable bonds is 4. The van der Waals surface area contributed by atoms with Crippen molar-refractivity contribution in [2.75, 3.05) is 11.4 Å². The zero-order chi connectivity index (χ0) is 14.5. The fourth-order valence-electron chi connectivity index (χ4n) is 2.59. The standard InChI is InChI=1S/C18H23NO/c1-4-5-6-7-10-14(2)17-13-19(15(3)20)18-12-9-8-11-16(17)18/h7-12H,4-6,13H2,1-3H3/b10-7+,17-14-. The van der Waals surface area contributed by atoms with E-state index < -0.39 is 0 Å². The highest BCUT2D eigenvalue weighted by Crippen LogP contribution is 2.37. The number of nitrogens with zero attached hydrogens (tertiary/aromatic N) is 1. The third-order valence-corrected chi connectivity index (χ3v) is 3.78. The Morgan fingerprint density at radius 2 is 2.05 bits per heavy atom. The van der Waals surface area contributed by atoms with Crippen LogP contribution in [0.1, 0.15) is 45.6 Å². The molecule has 0 N–H and O–H groups in total. The van der Waals surface area contributed by atoms with E-state index in [4.69, 9.17) is 0 Å². The van der Waals surface area contributed by atoms with Gasteiger partial charge in [0.25, 0.3) is 0 Å². The lowest BCUT2D eigenvalue weighted by atomic mass is 10.0. The Morgan fingerprint density at radius 1 is 1.30 bits per heavy atom. The van der Waals surface area contributed by atoms with Crippen molar-refractivity contribution >= 4 is 17.2 Å². The summed E-state index contributed by atoms with van der Waals surface area (Å²) in [4.78, 5) is 13.6. The Bertz CT molecular complexity index is 554. The molecule has 0 aliphatic carbocycles. The highest BCUT2D eigenvalue weighted by atomic mass is 16.2. The quantitative estimate of drug-likeness (QED) is 0.733. The van der Waals surface area contributed by atoms with E-state index in [1.54, 1.807) is 6.92 Å². The summed E-state index contributed by atoms with van der Waals surface area (Å²) in [5.41, 5.74) is 4.76. The van der Waals surface area contributed by atoms with E-state index in [2.05, 4.69) is 32.1 Å². The van der Waals surface area contributed by atoms with E-state index >= 15 is 0 Å². The predicted octanol–water partition coefficient (Wildman–Crippen LogP) is 4.57. The van der Waals surface area contributed by atoms with Crippen LogP contribution in [0, 0.1) is 0 Å². The molecule has 1 aliphatic heterocycles. The Balaban J connectivity index is 2.29. The summed E-state index contributed by atoms with van der Waals surface area (Å²) >= 11 is 0. The van der Waals surface area contributed by atoms with Crippen LogP contribution in [0.2, 0.25) is 0 Å². The maximum Gasteiger partial charge on any atom is 0.224 e. The Morgan fingerprint density at radius 3 is 2.75 bits per heavy atom. The second-order valence-electron chi connectivity index (χ2n) is 5.33. The monoisotopic (exact) mass is 269 g/mol. The minimum absolute atomic E-state index is 0.107. The third kappa shape index (κ3) is 3.01. The van der Waals surface area contributed by atoms with Gasteiger partial charge in [0.15, 0.2) is 0 Å². The molecule has 0 aromatic heterocycles. The number of benzene rings is 1. The normalized spacial score (nSPS) is 16.6. The largest absolute Gasteiger partial charge is 0.308 e. The molecule has 20 heavy (non-hydrogen) atoms. The van der Waals surface area contributed by atoms with Gasteiger partial charge in [-0.1, -0.05) is 50.1 Å². The van der Waals surface area contributed by atoms with Crippen molar-refractivity contribution in [1.82, 2.24) is 0 Å². The van der Waals surface area contributed by atoms with Crippen LogP contribution in [0.15, 0.2) is 42.0 Å². The summed E-state index contributed by atoms with van der Waals surface area (Å²) in [5, 5.41) is 0. The number of para-hydroxylation sites is 1. The molecule has 0 fully saturated rings. The molecule has 0 spiro atoms. The molecule has 1 amide bonds. The van der Waals surface area contributed by atoms with Gasteiger partial charge in [0.2, 0.25) is 5.91 Å². The number of carbonyl (C=O) groups excluding carboxylic acids is 1. The van der Waals surface area contributed by atoms with Crippen LogP contribution in [0.4, 0.5) is 5.69 Å². The van der Waals surface area contributed by atoms with Crippen molar-refractivity contribution in [3.8, 4) is 0 Å². The number of amides is 1. The van der Waals surface area contributed by atoms with Crippen molar-refractivity contribution in [3.05, 3.63) is 47.6 Å². The molecule has 1 aromatic rings. The topological polar surface area (TPSA) is 20.3 Å². The molecule has 0 saturated heterocycles. The third-order valence-electron chi connectivity index (χ3n) is 3.78. The maximum atomic E-state index is 11.8. The maximum absolute atomic E-state index is 11.8. The molecule has 1 heterocycles. The summed E-state index contributed by atoms with van der Waals surface area (Å²) in [7, 11) is 0. The fraction of sp³-hybridized carbons (Fsp3) is 0.389. The van der Waals surface area contributed by atoms with Crippen LogP contribution < -0.4 is 4.90 Å². The summed E-state index contributed by atoms with van der Waals surface area (Å²) in [6, 6.07) is 8.16. The van der Waals surface area contributed by atoms with E-state index in [1.165, 1.54) is 29.6 Å². The lowest BCUT2D eigenvalue weighted by molar-refractivity contribution is -0.116. The molecular weight excluding hydrogens is 246 g/mol. The molecule has 2 nitrogen and oxygen atoms in total. The van der Waals surface area contributed by atoms with Gasteiger partial charge in [-0.2, -0.15) is 0 Å². The zero-order valence-corrected chi connectivity index (χ0v) is 12.6. The molecule has 0 atom stereocenters. The van der Waals surface area contributed by atoms with Gasteiger partial charge in [-0.25, -0.2) is 0 Å². The first-order valence-electron chi connectivity index (χ1n) is 7.39. The molecule has 0 bridgehead atoms. The lowest BCUT2D eigenvalue weighted by Crippen LogP contribution is -2.25.